The fourth-order valence-corrected chi connectivity index (χ4v) is 3.89. The first-order valence-corrected chi connectivity index (χ1v) is 8.92. The molecule has 1 atom stereocenters. The minimum absolute atomic E-state index is 0.496. The summed E-state index contributed by atoms with van der Waals surface area (Å²) < 4.78 is 2.30. The van der Waals surface area contributed by atoms with E-state index < -0.39 is 0 Å². The van der Waals surface area contributed by atoms with Crippen molar-refractivity contribution in [3.63, 3.8) is 0 Å². The summed E-state index contributed by atoms with van der Waals surface area (Å²) in [4.78, 5) is 7.44. The molecule has 23 heavy (non-hydrogen) atoms. The highest BCUT2D eigenvalue weighted by Gasteiger charge is 2.27. The molecule has 0 bridgehead atoms. The Bertz CT molecular complexity index is 637. The van der Waals surface area contributed by atoms with Gasteiger partial charge in [-0.2, -0.15) is 0 Å². The third kappa shape index (κ3) is 3.35. The van der Waals surface area contributed by atoms with Crippen molar-refractivity contribution in [2.24, 2.45) is 5.92 Å². The molecule has 1 saturated heterocycles. The van der Waals surface area contributed by atoms with Crippen LogP contribution in [0.5, 0.6) is 0 Å². The van der Waals surface area contributed by atoms with Crippen LogP contribution in [0.4, 0.5) is 0 Å². The van der Waals surface area contributed by atoms with Crippen LogP contribution in [0.15, 0.2) is 30.5 Å². The normalized spacial score (nSPS) is 19.4. The van der Waals surface area contributed by atoms with Crippen molar-refractivity contribution in [3.8, 4) is 5.82 Å². The number of pyridine rings is 1. The average molecular weight is 311 g/mol. The summed E-state index contributed by atoms with van der Waals surface area (Å²) in [5.74, 6) is 1.82. The summed E-state index contributed by atoms with van der Waals surface area (Å²) in [5, 5.41) is 0. The molecule has 3 heteroatoms. The van der Waals surface area contributed by atoms with E-state index in [-0.39, 0.29) is 0 Å². The lowest BCUT2D eigenvalue weighted by molar-refractivity contribution is 0.132. The Balaban J connectivity index is 2.02. The molecule has 3 rings (SSSR count). The van der Waals surface area contributed by atoms with Gasteiger partial charge in [0.15, 0.2) is 0 Å². The first kappa shape index (κ1) is 16.3. The van der Waals surface area contributed by atoms with Gasteiger partial charge in [0.25, 0.3) is 0 Å². The maximum Gasteiger partial charge on any atom is 0.141 e. The monoisotopic (exact) mass is 311 g/mol. The van der Waals surface area contributed by atoms with Crippen LogP contribution in [0.2, 0.25) is 0 Å². The minimum Gasteiger partial charge on any atom is -0.303 e. The Morgan fingerprint density at radius 3 is 2.57 bits per heavy atom. The molecule has 0 saturated carbocycles. The first-order valence-electron chi connectivity index (χ1n) is 8.92. The molecule has 0 spiro atoms. The van der Waals surface area contributed by atoms with E-state index in [1.165, 1.54) is 49.3 Å². The third-order valence-corrected chi connectivity index (χ3v) is 4.87. The number of likely N-dealkylation sites (tertiary alicyclic amines) is 1. The van der Waals surface area contributed by atoms with Gasteiger partial charge in [-0.05, 0) is 57.4 Å². The van der Waals surface area contributed by atoms with Gasteiger partial charge in [0.2, 0.25) is 0 Å². The van der Waals surface area contributed by atoms with E-state index in [0.717, 1.165) is 5.82 Å². The number of hydrogen-bond donors (Lipinski definition) is 0. The molecule has 1 fully saturated rings. The van der Waals surface area contributed by atoms with E-state index >= 15 is 0 Å². The van der Waals surface area contributed by atoms with Crippen molar-refractivity contribution in [2.75, 3.05) is 13.1 Å². The Kier molecular flexibility index (Phi) is 4.86. The molecular formula is C20H29N3. The molecule has 2 aromatic rings. The number of piperidine rings is 1. The Hall–Kier alpha value is -1.61. The second kappa shape index (κ2) is 6.88. The summed E-state index contributed by atoms with van der Waals surface area (Å²) in [6.07, 6.45) is 5.80. The van der Waals surface area contributed by atoms with Gasteiger partial charge in [-0.15, -0.1) is 0 Å². The van der Waals surface area contributed by atoms with Gasteiger partial charge in [0.05, 0.1) is 0 Å². The molecule has 1 aliphatic rings. The standard InChI is InChI=1S/C20H29N3/c1-15(2)14-22-13-6-5-9-19(22)18-8-7-12-21-20(18)23-16(3)10-11-17(23)4/h7-8,10-12,15,19H,5-6,9,13-14H2,1-4H3/t19-/m0/s1. The van der Waals surface area contributed by atoms with Crippen molar-refractivity contribution >= 4 is 0 Å². The van der Waals surface area contributed by atoms with E-state index in [9.17, 15) is 0 Å². The SMILES string of the molecule is Cc1ccc(C)n1-c1ncccc1[C@@H]1CCCCN1CC(C)C. The Morgan fingerprint density at radius 1 is 1.13 bits per heavy atom. The predicted molar refractivity (Wildman–Crippen MR) is 96.0 cm³/mol. The predicted octanol–water partition coefficient (Wildman–Crippen LogP) is 4.67. The molecule has 1 aliphatic heterocycles. The van der Waals surface area contributed by atoms with Gasteiger partial charge in [-0.3, -0.25) is 4.90 Å². The molecule has 0 aliphatic carbocycles. The quantitative estimate of drug-likeness (QED) is 0.818. The summed E-state index contributed by atoms with van der Waals surface area (Å²) in [7, 11) is 0. The maximum atomic E-state index is 4.77. The number of aryl methyl sites for hydroxylation is 2. The van der Waals surface area contributed by atoms with E-state index in [1.807, 2.05) is 6.20 Å². The number of rotatable bonds is 4. The van der Waals surface area contributed by atoms with Crippen LogP contribution in [0.25, 0.3) is 5.82 Å². The first-order chi connectivity index (χ1) is 11.1. The molecule has 0 N–H and O–H groups in total. The Morgan fingerprint density at radius 2 is 1.87 bits per heavy atom. The van der Waals surface area contributed by atoms with Crippen LogP contribution < -0.4 is 0 Å². The lowest BCUT2D eigenvalue weighted by Gasteiger charge is -2.37. The van der Waals surface area contributed by atoms with Gasteiger partial charge in [0, 0.05) is 35.7 Å². The lowest BCUT2D eigenvalue weighted by atomic mass is 9.94. The Labute approximate surface area is 140 Å². The summed E-state index contributed by atoms with van der Waals surface area (Å²) in [5.41, 5.74) is 3.90. The maximum absolute atomic E-state index is 4.77. The van der Waals surface area contributed by atoms with Gasteiger partial charge in [-0.1, -0.05) is 26.3 Å². The second-order valence-corrected chi connectivity index (χ2v) is 7.27. The topological polar surface area (TPSA) is 21.1 Å². The number of nitrogens with zero attached hydrogens (tertiary/aromatic N) is 3. The number of hydrogen-bond acceptors (Lipinski definition) is 2. The fourth-order valence-electron chi connectivity index (χ4n) is 3.89. The van der Waals surface area contributed by atoms with E-state index in [1.54, 1.807) is 0 Å². The molecule has 3 nitrogen and oxygen atoms in total. The van der Waals surface area contributed by atoms with Crippen LogP contribution in [-0.4, -0.2) is 27.5 Å². The molecule has 0 amide bonds. The van der Waals surface area contributed by atoms with Crippen LogP contribution in [-0.2, 0) is 0 Å². The van der Waals surface area contributed by atoms with Gasteiger partial charge >= 0.3 is 0 Å². The van der Waals surface area contributed by atoms with Crippen LogP contribution in [0.3, 0.4) is 0 Å². The highest BCUT2D eigenvalue weighted by Crippen LogP contribution is 2.34. The van der Waals surface area contributed by atoms with Crippen molar-refractivity contribution in [1.29, 1.82) is 0 Å². The highest BCUT2D eigenvalue weighted by molar-refractivity contribution is 5.40. The largest absolute Gasteiger partial charge is 0.303 e. The van der Waals surface area contributed by atoms with Gasteiger partial charge in [-0.25, -0.2) is 4.98 Å². The van der Waals surface area contributed by atoms with E-state index in [0.29, 0.717) is 12.0 Å². The van der Waals surface area contributed by atoms with E-state index in [4.69, 9.17) is 4.98 Å². The summed E-state index contributed by atoms with van der Waals surface area (Å²) in [6, 6.07) is 9.23. The van der Waals surface area contributed by atoms with Crippen LogP contribution in [0.1, 0.15) is 56.1 Å². The van der Waals surface area contributed by atoms with E-state index in [2.05, 4.69) is 61.4 Å². The minimum atomic E-state index is 0.496. The van der Waals surface area contributed by atoms with Gasteiger partial charge < -0.3 is 4.57 Å². The third-order valence-electron chi connectivity index (χ3n) is 4.87. The summed E-state index contributed by atoms with van der Waals surface area (Å²) >= 11 is 0. The molecule has 0 radical (unpaired) electrons. The molecule has 2 aromatic heterocycles. The smallest absolute Gasteiger partial charge is 0.141 e. The zero-order valence-corrected chi connectivity index (χ0v) is 14.9. The molecule has 3 heterocycles. The van der Waals surface area contributed by atoms with Crippen LogP contribution in [0, 0.1) is 19.8 Å². The molecule has 124 valence electrons. The zero-order valence-electron chi connectivity index (χ0n) is 14.9. The molecule has 0 unspecified atom stereocenters. The van der Waals surface area contributed by atoms with Gasteiger partial charge in [0.1, 0.15) is 5.82 Å². The fraction of sp³-hybridized carbons (Fsp3) is 0.550. The highest BCUT2D eigenvalue weighted by atomic mass is 15.2. The van der Waals surface area contributed by atoms with Crippen LogP contribution >= 0.6 is 0 Å². The van der Waals surface area contributed by atoms with Crippen molar-refractivity contribution in [3.05, 3.63) is 47.4 Å². The second-order valence-electron chi connectivity index (χ2n) is 7.27. The van der Waals surface area contributed by atoms with Crippen molar-refractivity contribution < 1.29 is 0 Å². The number of aromatic nitrogens is 2. The van der Waals surface area contributed by atoms with Crippen molar-refractivity contribution in [1.82, 2.24) is 14.5 Å². The molecule has 0 aromatic carbocycles. The van der Waals surface area contributed by atoms with Crippen molar-refractivity contribution in [2.45, 2.75) is 53.0 Å². The zero-order chi connectivity index (χ0) is 16.4. The average Bonchev–Trinajstić information content (AvgIpc) is 2.86. The molecular weight excluding hydrogens is 282 g/mol. The lowest BCUT2D eigenvalue weighted by Crippen LogP contribution is -2.36. The summed E-state index contributed by atoms with van der Waals surface area (Å²) in [6.45, 7) is 11.3.